The second-order valence-corrected chi connectivity index (χ2v) is 5.13. The molecular weight excluding hydrogens is 312 g/mol. The second-order valence-electron chi connectivity index (χ2n) is 5.13. The molecule has 0 heterocycles. The Morgan fingerprint density at radius 2 is 1.67 bits per heavy atom. The molecule has 0 saturated heterocycles. The number of anilines is 1. The third-order valence-electron chi connectivity index (χ3n) is 3.26. The van der Waals surface area contributed by atoms with Crippen molar-refractivity contribution in [1.29, 1.82) is 0 Å². The zero-order valence-electron chi connectivity index (χ0n) is 13.1. The molecule has 2 amide bonds. The van der Waals surface area contributed by atoms with Gasteiger partial charge in [-0.1, -0.05) is 18.2 Å². The van der Waals surface area contributed by atoms with Crippen LogP contribution in [-0.4, -0.2) is 30.8 Å². The lowest BCUT2D eigenvalue weighted by Gasteiger charge is -2.13. The lowest BCUT2D eigenvalue weighted by atomic mass is 10.1. The minimum atomic E-state index is -0.764. The SMILES string of the molecule is CN(C)c1cccc(C(=O)NNC(=O)c2ccccc2[N+](=O)[O-])c1. The summed E-state index contributed by atoms with van der Waals surface area (Å²) in [4.78, 5) is 36.2. The van der Waals surface area contributed by atoms with E-state index in [2.05, 4.69) is 10.9 Å². The molecule has 0 bridgehead atoms. The van der Waals surface area contributed by atoms with Crippen molar-refractivity contribution in [3.8, 4) is 0 Å². The molecule has 2 aromatic rings. The molecular formula is C16H16N4O4. The van der Waals surface area contributed by atoms with Gasteiger partial charge >= 0.3 is 0 Å². The molecule has 0 unspecified atom stereocenters. The van der Waals surface area contributed by atoms with Crippen molar-refractivity contribution in [2.24, 2.45) is 0 Å². The Bertz CT molecular complexity index is 789. The van der Waals surface area contributed by atoms with Crippen LogP contribution in [0.5, 0.6) is 0 Å². The normalized spacial score (nSPS) is 9.92. The summed E-state index contributed by atoms with van der Waals surface area (Å²) in [6.45, 7) is 0. The first-order valence-electron chi connectivity index (χ1n) is 7.01. The standard InChI is InChI=1S/C16H16N4O4/c1-19(2)12-7-5-6-11(10-12)15(21)17-18-16(22)13-8-3-4-9-14(13)20(23)24/h3-10H,1-2H3,(H,17,21)(H,18,22). The van der Waals surface area contributed by atoms with E-state index in [-0.39, 0.29) is 11.3 Å². The maximum absolute atomic E-state index is 12.1. The van der Waals surface area contributed by atoms with Gasteiger partial charge in [-0.05, 0) is 24.3 Å². The van der Waals surface area contributed by atoms with Crippen molar-refractivity contribution < 1.29 is 14.5 Å². The molecule has 0 aliphatic rings. The van der Waals surface area contributed by atoms with E-state index in [4.69, 9.17) is 0 Å². The number of nitro benzene ring substituents is 1. The van der Waals surface area contributed by atoms with Gasteiger partial charge in [0.1, 0.15) is 5.56 Å². The van der Waals surface area contributed by atoms with Gasteiger partial charge in [0.2, 0.25) is 0 Å². The molecule has 0 radical (unpaired) electrons. The number of hydrogen-bond donors (Lipinski definition) is 2. The molecule has 24 heavy (non-hydrogen) atoms. The van der Waals surface area contributed by atoms with Crippen LogP contribution in [0.2, 0.25) is 0 Å². The molecule has 0 fully saturated rings. The molecule has 8 heteroatoms. The van der Waals surface area contributed by atoms with Crippen LogP contribution in [-0.2, 0) is 0 Å². The van der Waals surface area contributed by atoms with E-state index in [9.17, 15) is 19.7 Å². The molecule has 2 N–H and O–H groups in total. The number of hydrazine groups is 1. The fraction of sp³-hybridized carbons (Fsp3) is 0.125. The van der Waals surface area contributed by atoms with Crippen molar-refractivity contribution >= 4 is 23.2 Å². The molecule has 8 nitrogen and oxygen atoms in total. The molecule has 0 aromatic heterocycles. The number of carbonyl (C=O) groups excluding carboxylic acids is 2. The Balaban J connectivity index is 2.08. The third-order valence-corrected chi connectivity index (χ3v) is 3.26. The van der Waals surface area contributed by atoms with Crippen LogP contribution < -0.4 is 15.8 Å². The quantitative estimate of drug-likeness (QED) is 0.657. The lowest BCUT2D eigenvalue weighted by molar-refractivity contribution is -0.385. The van der Waals surface area contributed by atoms with Gasteiger partial charge in [-0.25, -0.2) is 0 Å². The summed E-state index contributed by atoms with van der Waals surface area (Å²) in [6.07, 6.45) is 0. The summed E-state index contributed by atoms with van der Waals surface area (Å²) in [5.41, 5.74) is 5.14. The van der Waals surface area contributed by atoms with Gasteiger partial charge < -0.3 is 4.90 Å². The molecule has 0 aliphatic carbocycles. The third kappa shape index (κ3) is 3.86. The van der Waals surface area contributed by atoms with Crippen LogP contribution in [0.1, 0.15) is 20.7 Å². The van der Waals surface area contributed by atoms with E-state index >= 15 is 0 Å². The number of para-hydroxylation sites is 1. The van der Waals surface area contributed by atoms with Gasteiger partial charge in [0.15, 0.2) is 0 Å². The maximum atomic E-state index is 12.1. The summed E-state index contributed by atoms with van der Waals surface area (Å²) in [5, 5.41) is 10.9. The van der Waals surface area contributed by atoms with Gasteiger partial charge in [0.05, 0.1) is 4.92 Å². The molecule has 0 spiro atoms. The van der Waals surface area contributed by atoms with E-state index in [0.717, 1.165) is 5.69 Å². The largest absolute Gasteiger partial charge is 0.378 e. The van der Waals surface area contributed by atoms with E-state index in [1.54, 1.807) is 18.2 Å². The number of carbonyl (C=O) groups is 2. The molecule has 0 saturated carbocycles. The number of rotatable bonds is 4. The number of nitrogens with zero attached hydrogens (tertiary/aromatic N) is 2. The lowest BCUT2D eigenvalue weighted by Crippen LogP contribution is -2.41. The average molecular weight is 328 g/mol. The Morgan fingerprint density at radius 3 is 2.33 bits per heavy atom. The maximum Gasteiger partial charge on any atom is 0.282 e. The van der Waals surface area contributed by atoms with Gasteiger partial charge in [-0.3, -0.25) is 30.6 Å². The number of hydrogen-bond acceptors (Lipinski definition) is 5. The van der Waals surface area contributed by atoms with Crippen molar-refractivity contribution in [3.63, 3.8) is 0 Å². The van der Waals surface area contributed by atoms with Crippen LogP contribution in [0.4, 0.5) is 11.4 Å². The minimum Gasteiger partial charge on any atom is -0.378 e. The Morgan fingerprint density at radius 1 is 1.00 bits per heavy atom. The van der Waals surface area contributed by atoms with E-state index < -0.39 is 16.7 Å². The van der Waals surface area contributed by atoms with E-state index in [1.807, 2.05) is 25.1 Å². The molecule has 2 aromatic carbocycles. The van der Waals surface area contributed by atoms with E-state index in [0.29, 0.717) is 5.56 Å². The van der Waals surface area contributed by atoms with Crippen molar-refractivity contribution in [2.45, 2.75) is 0 Å². The van der Waals surface area contributed by atoms with Crippen molar-refractivity contribution in [2.75, 3.05) is 19.0 Å². The smallest absolute Gasteiger partial charge is 0.282 e. The van der Waals surface area contributed by atoms with Crippen molar-refractivity contribution in [3.05, 3.63) is 69.8 Å². The van der Waals surface area contributed by atoms with Gasteiger partial charge in [0.25, 0.3) is 17.5 Å². The van der Waals surface area contributed by atoms with Crippen LogP contribution >= 0.6 is 0 Å². The number of amides is 2. The molecule has 0 aliphatic heterocycles. The highest BCUT2D eigenvalue weighted by atomic mass is 16.6. The summed E-state index contributed by atoms with van der Waals surface area (Å²) < 4.78 is 0. The summed E-state index contributed by atoms with van der Waals surface area (Å²) in [5.74, 6) is -1.29. The zero-order chi connectivity index (χ0) is 17.7. The second kappa shape index (κ2) is 7.23. The number of nitro groups is 1. The Hall–Kier alpha value is -3.42. The Labute approximate surface area is 138 Å². The fourth-order valence-corrected chi connectivity index (χ4v) is 2.00. The van der Waals surface area contributed by atoms with Gasteiger partial charge in [0, 0.05) is 31.4 Å². The minimum absolute atomic E-state index is 0.134. The first-order valence-corrected chi connectivity index (χ1v) is 7.01. The molecule has 124 valence electrons. The van der Waals surface area contributed by atoms with Crippen LogP contribution in [0.15, 0.2) is 48.5 Å². The first kappa shape index (κ1) is 16.9. The first-order chi connectivity index (χ1) is 11.4. The topological polar surface area (TPSA) is 105 Å². The summed E-state index contributed by atoms with van der Waals surface area (Å²) in [7, 11) is 3.68. The summed E-state index contributed by atoms with van der Waals surface area (Å²) >= 11 is 0. The van der Waals surface area contributed by atoms with Crippen LogP contribution in [0.3, 0.4) is 0 Å². The van der Waals surface area contributed by atoms with Crippen LogP contribution in [0, 0.1) is 10.1 Å². The molecule has 0 atom stereocenters. The Kier molecular flexibility index (Phi) is 5.10. The molecule has 2 rings (SSSR count). The van der Waals surface area contributed by atoms with Crippen LogP contribution in [0.25, 0.3) is 0 Å². The van der Waals surface area contributed by atoms with Gasteiger partial charge in [-0.15, -0.1) is 0 Å². The van der Waals surface area contributed by atoms with Gasteiger partial charge in [-0.2, -0.15) is 0 Å². The number of nitrogens with one attached hydrogen (secondary N) is 2. The van der Waals surface area contributed by atoms with Crippen molar-refractivity contribution in [1.82, 2.24) is 10.9 Å². The fourth-order valence-electron chi connectivity index (χ4n) is 2.00. The predicted octanol–water partition coefficient (Wildman–Crippen LogP) is 1.74. The average Bonchev–Trinajstić information content (AvgIpc) is 2.59. The monoisotopic (exact) mass is 328 g/mol. The highest BCUT2D eigenvalue weighted by molar-refractivity contribution is 6.01. The zero-order valence-corrected chi connectivity index (χ0v) is 13.1. The van der Waals surface area contributed by atoms with E-state index in [1.165, 1.54) is 24.3 Å². The predicted molar refractivity (Wildman–Crippen MR) is 88.8 cm³/mol. The highest BCUT2D eigenvalue weighted by Gasteiger charge is 2.19. The highest BCUT2D eigenvalue weighted by Crippen LogP contribution is 2.17. The number of benzene rings is 2. The summed E-state index contributed by atoms with van der Waals surface area (Å²) in [6, 6.07) is 12.3.